The summed E-state index contributed by atoms with van der Waals surface area (Å²) in [5.74, 6) is -0.326. The number of hydrogen-bond acceptors (Lipinski definition) is 5. The maximum absolute atomic E-state index is 13.3. The monoisotopic (exact) mass is 309 g/mol. The largest absolute Gasteiger partial charge is 0.489 e. The van der Waals surface area contributed by atoms with Crippen LogP contribution in [0.5, 0.6) is 5.75 Å². The average molecular weight is 309 g/mol. The lowest BCUT2D eigenvalue weighted by Gasteiger charge is -2.08. The maximum atomic E-state index is 13.3. The summed E-state index contributed by atoms with van der Waals surface area (Å²) in [7, 11) is 0. The van der Waals surface area contributed by atoms with Crippen LogP contribution in [0.15, 0.2) is 29.6 Å². The second-order valence-corrected chi connectivity index (χ2v) is 5.20. The number of nitrogens with one attached hydrogen (secondary N) is 1. The number of aryl methyl sites for hydroxylation is 1. The number of para-hydroxylation sites is 1. The quantitative estimate of drug-likeness (QED) is 0.767. The van der Waals surface area contributed by atoms with E-state index in [-0.39, 0.29) is 18.3 Å². The Morgan fingerprint density at radius 2 is 2.24 bits per heavy atom. The van der Waals surface area contributed by atoms with Crippen LogP contribution in [-0.2, 0) is 11.2 Å². The lowest BCUT2D eigenvalue weighted by molar-refractivity contribution is -0.121. The van der Waals surface area contributed by atoms with Gasteiger partial charge in [0, 0.05) is 11.8 Å². The van der Waals surface area contributed by atoms with Crippen LogP contribution in [0.4, 0.5) is 9.52 Å². The van der Waals surface area contributed by atoms with Gasteiger partial charge < -0.3 is 15.8 Å². The highest BCUT2D eigenvalue weighted by Gasteiger charge is 2.05. The minimum absolute atomic E-state index is 0.0984. The van der Waals surface area contributed by atoms with E-state index >= 15 is 0 Å². The number of anilines is 1. The highest BCUT2D eigenvalue weighted by molar-refractivity contribution is 7.13. The van der Waals surface area contributed by atoms with Crippen LogP contribution in [0, 0.1) is 5.82 Å². The van der Waals surface area contributed by atoms with Gasteiger partial charge in [0.15, 0.2) is 16.7 Å². The molecule has 1 heterocycles. The Morgan fingerprint density at radius 1 is 1.43 bits per heavy atom. The van der Waals surface area contributed by atoms with Crippen molar-refractivity contribution in [3.8, 4) is 5.75 Å². The molecule has 7 heteroatoms. The molecule has 0 unspecified atom stereocenters. The third kappa shape index (κ3) is 5.03. The van der Waals surface area contributed by atoms with Crippen LogP contribution in [0.25, 0.3) is 0 Å². The minimum atomic E-state index is -0.412. The molecule has 0 spiro atoms. The normalized spacial score (nSPS) is 10.3. The molecule has 112 valence electrons. The van der Waals surface area contributed by atoms with Gasteiger partial charge in [0.1, 0.15) is 6.61 Å². The van der Waals surface area contributed by atoms with Gasteiger partial charge in [-0.1, -0.05) is 12.1 Å². The van der Waals surface area contributed by atoms with Crippen molar-refractivity contribution in [3.05, 3.63) is 41.2 Å². The molecule has 5 nitrogen and oxygen atoms in total. The van der Waals surface area contributed by atoms with Crippen molar-refractivity contribution in [2.75, 3.05) is 18.9 Å². The fraction of sp³-hybridized carbons (Fsp3) is 0.286. The van der Waals surface area contributed by atoms with Crippen LogP contribution in [0.2, 0.25) is 0 Å². The summed E-state index contributed by atoms with van der Waals surface area (Å²) in [6, 6.07) is 6.16. The zero-order valence-corrected chi connectivity index (χ0v) is 12.2. The van der Waals surface area contributed by atoms with Gasteiger partial charge >= 0.3 is 0 Å². The summed E-state index contributed by atoms with van der Waals surface area (Å²) in [6.45, 7) is 0.544. The van der Waals surface area contributed by atoms with Crippen LogP contribution in [0.3, 0.4) is 0 Å². The molecule has 0 saturated heterocycles. The van der Waals surface area contributed by atoms with Gasteiger partial charge in [-0.3, -0.25) is 4.79 Å². The van der Waals surface area contributed by atoms with E-state index in [0.29, 0.717) is 24.5 Å². The van der Waals surface area contributed by atoms with Crippen molar-refractivity contribution in [1.29, 1.82) is 0 Å². The Bertz CT molecular complexity index is 603. The average Bonchev–Trinajstić information content (AvgIpc) is 2.89. The second-order valence-electron chi connectivity index (χ2n) is 4.31. The number of halogens is 1. The first-order valence-electron chi connectivity index (χ1n) is 6.49. The third-order valence-electron chi connectivity index (χ3n) is 2.70. The molecule has 0 aliphatic heterocycles. The summed E-state index contributed by atoms with van der Waals surface area (Å²) >= 11 is 1.36. The number of thiazole rings is 1. The number of ether oxygens (including phenoxy) is 1. The van der Waals surface area contributed by atoms with Crippen molar-refractivity contribution >= 4 is 22.4 Å². The fourth-order valence-corrected chi connectivity index (χ4v) is 2.28. The van der Waals surface area contributed by atoms with Gasteiger partial charge in [0.25, 0.3) is 0 Å². The smallest absolute Gasteiger partial charge is 0.220 e. The molecular formula is C14H16FN3O2S. The van der Waals surface area contributed by atoms with Gasteiger partial charge in [-0.25, -0.2) is 9.37 Å². The third-order valence-corrected chi connectivity index (χ3v) is 3.42. The molecule has 21 heavy (non-hydrogen) atoms. The summed E-state index contributed by atoms with van der Waals surface area (Å²) in [5.41, 5.74) is 6.33. The lowest BCUT2D eigenvalue weighted by Crippen LogP contribution is -2.28. The molecule has 0 aliphatic carbocycles. The first kappa shape index (κ1) is 15.2. The zero-order valence-electron chi connectivity index (χ0n) is 11.3. The number of benzene rings is 1. The molecule has 0 radical (unpaired) electrons. The van der Waals surface area contributed by atoms with Gasteiger partial charge in [-0.2, -0.15) is 0 Å². The number of nitrogen functional groups attached to an aromatic ring is 1. The van der Waals surface area contributed by atoms with Crippen LogP contribution >= 0.6 is 11.3 Å². The van der Waals surface area contributed by atoms with Gasteiger partial charge in [0.05, 0.1) is 12.2 Å². The van der Waals surface area contributed by atoms with Crippen molar-refractivity contribution in [2.45, 2.75) is 12.8 Å². The van der Waals surface area contributed by atoms with E-state index in [4.69, 9.17) is 10.5 Å². The molecule has 0 aliphatic rings. The fourth-order valence-electron chi connectivity index (χ4n) is 1.68. The standard InChI is InChI=1S/C14H16FN3O2S/c15-11-3-1-2-4-12(11)20-8-7-17-13(19)6-5-10-9-21-14(16)18-10/h1-4,9H,5-8H2,(H2,16,18)(H,17,19). The Morgan fingerprint density at radius 3 is 2.95 bits per heavy atom. The Balaban J connectivity index is 1.62. The van der Waals surface area contributed by atoms with Crippen molar-refractivity contribution in [2.24, 2.45) is 0 Å². The Hall–Kier alpha value is -2.15. The van der Waals surface area contributed by atoms with Crippen molar-refractivity contribution in [3.63, 3.8) is 0 Å². The molecule has 1 amide bonds. The van der Waals surface area contributed by atoms with Gasteiger partial charge in [0.2, 0.25) is 5.91 Å². The van der Waals surface area contributed by atoms with Crippen LogP contribution < -0.4 is 15.8 Å². The summed E-state index contributed by atoms with van der Waals surface area (Å²) in [5, 5.41) is 5.05. The molecule has 0 bridgehead atoms. The first-order chi connectivity index (χ1) is 10.1. The summed E-state index contributed by atoms with van der Waals surface area (Å²) in [6.07, 6.45) is 0.885. The van der Waals surface area contributed by atoms with Crippen molar-refractivity contribution < 1.29 is 13.9 Å². The van der Waals surface area contributed by atoms with Gasteiger partial charge in [-0.05, 0) is 18.6 Å². The minimum Gasteiger partial charge on any atom is -0.489 e. The number of aromatic nitrogens is 1. The highest BCUT2D eigenvalue weighted by atomic mass is 32.1. The van der Waals surface area contributed by atoms with E-state index in [1.165, 1.54) is 17.4 Å². The zero-order chi connectivity index (χ0) is 15.1. The molecule has 0 saturated carbocycles. The summed E-state index contributed by atoms with van der Waals surface area (Å²) in [4.78, 5) is 15.7. The maximum Gasteiger partial charge on any atom is 0.220 e. The van der Waals surface area contributed by atoms with E-state index in [2.05, 4.69) is 10.3 Å². The van der Waals surface area contributed by atoms with E-state index in [9.17, 15) is 9.18 Å². The predicted molar refractivity (Wildman–Crippen MR) is 79.8 cm³/mol. The Kier molecular flexibility index (Phi) is 5.51. The van der Waals surface area contributed by atoms with E-state index in [1.807, 2.05) is 5.38 Å². The topological polar surface area (TPSA) is 77.2 Å². The van der Waals surface area contributed by atoms with E-state index in [0.717, 1.165) is 5.69 Å². The summed E-state index contributed by atoms with van der Waals surface area (Å²) < 4.78 is 18.5. The number of carbonyl (C=O) groups is 1. The van der Waals surface area contributed by atoms with Crippen molar-refractivity contribution in [1.82, 2.24) is 10.3 Å². The number of rotatable bonds is 7. The van der Waals surface area contributed by atoms with E-state index < -0.39 is 5.82 Å². The molecule has 1 aromatic heterocycles. The molecule has 3 N–H and O–H groups in total. The number of amides is 1. The Labute approximate surface area is 126 Å². The molecule has 2 rings (SSSR count). The molecule has 2 aromatic rings. The SMILES string of the molecule is Nc1nc(CCC(=O)NCCOc2ccccc2F)cs1. The first-order valence-corrected chi connectivity index (χ1v) is 7.37. The van der Waals surface area contributed by atoms with Crippen LogP contribution in [-0.4, -0.2) is 24.0 Å². The van der Waals surface area contributed by atoms with Gasteiger partial charge in [-0.15, -0.1) is 11.3 Å². The predicted octanol–water partition coefficient (Wildman–Crippen LogP) is 1.99. The molecule has 0 atom stereocenters. The number of nitrogens with two attached hydrogens (primary N) is 1. The lowest BCUT2D eigenvalue weighted by atomic mass is 10.2. The number of nitrogens with zero attached hydrogens (tertiary/aromatic N) is 1. The molecule has 0 fully saturated rings. The highest BCUT2D eigenvalue weighted by Crippen LogP contribution is 2.15. The van der Waals surface area contributed by atoms with Crippen LogP contribution in [0.1, 0.15) is 12.1 Å². The van der Waals surface area contributed by atoms with E-state index in [1.54, 1.807) is 18.2 Å². The molecular weight excluding hydrogens is 293 g/mol. The number of carbonyl (C=O) groups excluding carboxylic acids is 1. The second kappa shape index (κ2) is 7.58. The number of hydrogen-bond donors (Lipinski definition) is 2. The molecule has 1 aromatic carbocycles.